The molecule has 0 atom stereocenters. The average Bonchev–Trinajstić information content (AvgIpc) is 3.30. The van der Waals surface area contributed by atoms with E-state index >= 15 is 0 Å². The van der Waals surface area contributed by atoms with Crippen molar-refractivity contribution < 1.29 is 13.6 Å². The number of halogens is 2. The van der Waals surface area contributed by atoms with Crippen LogP contribution in [0.5, 0.6) is 0 Å². The van der Waals surface area contributed by atoms with Crippen LogP contribution < -0.4 is 5.32 Å². The van der Waals surface area contributed by atoms with Gasteiger partial charge in [-0.2, -0.15) is 0 Å². The van der Waals surface area contributed by atoms with E-state index < -0.39 is 0 Å². The van der Waals surface area contributed by atoms with Crippen LogP contribution in [0.25, 0.3) is 22.1 Å². The Morgan fingerprint density at radius 3 is 2.49 bits per heavy atom. The summed E-state index contributed by atoms with van der Waals surface area (Å²) < 4.78 is 20.5. The maximum Gasteiger partial charge on any atom is 0.322 e. The Hall–Kier alpha value is -3.46. The van der Waals surface area contributed by atoms with Crippen molar-refractivity contribution >= 4 is 57.8 Å². The van der Waals surface area contributed by atoms with Gasteiger partial charge in [0, 0.05) is 33.1 Å². The first-order valence-electron chi connectivity index (χ1n) is 12.9. The summed E-state index contributed by atoms with van der Waals surface area (Å²) in [6, 6.07) is 21.5. The molecule has 5 aromatic rings. The van der Waals surface area contributed by atoms with Crippen LogP contribution in [0.1, 0.15) is 22.6 Å². The molecule has 0 saturated heterocycles. The predicted molar refractivity (Wildman–Crippen MR) is 169 cm³/mol. The summed E-state index contributed by atoms with van der Waals surface area (Å²) in [5.41, 5.74) is 5.83. The van der Waals surface area contributed by atoms with Crippen molar-refractivity contribution in [1.29, 1.82) is 0 Å². The Balaban J connectivity index is 1.59. The number of aryl methyl sites for hydroxylation is 2. The lowest BCUT2D eigenvalue weighted by atomic mass is 10.0. The van der Waals surface area contributed by atoms with E-state index in [9.17, 15) is 9.18 Å². The second-order valence-electron chi connectivity index (χ2n) is 9.67. The summed E-state index contributed by atoms with van der Waals surface area (Å²) in [5, 5.41) is 5.42. The first kappa shape index (κ1) is 29.0. The summed E-state index contributed by atoms with van der Waals surface area (Å²) in [5.74, 6) is 0.262. The number of aromatic nitrogens is 1. The first-order valence-corrected chi connectivity index (χ1v) is 15.8. The molecule has 3 aromatic carbocycles. The number of urea groups is 1. The molecule has 5 rings (SSSR count). The molecule has 9 heteroatoms. The van der Waals surface area contributed by atoms with Gasteiger partial charge in [-0.3, -0.25) is 0 Å². The molecule has 0 aliphatic heterocycles. The molecule has 41 heavy (non-hydrogen) atoms. The molecule has 0 saturated carbocycles. The van der Waals surface area contributed by atoms with E-state index in [4.69, 9.17) is 16.0 Å². The normalized spacial score (nSPS) is 11.2. The van der Waals surface area contributed by atoms with Gasteiger partial charge in [-0.25, -0.2) is 14.2 Å². The Labute approximate surface area is 252 Å². The standard InChI is InChI=1S/C32H29ClFN3O2S2/c1-19-8-13-26-25(14-19)29(22-9-11-23(33)12-10-22)27(39-26)18-37(17-21-6-5-7-24(34)16-21)32(38)36-30-28(40-3)15-20(2)35-31(30)41-4/h5-16H,17-18H2,1-4H3,(H,36,38). The molecule has 0 aliphatic rings. The number of amides is 2. The number of rotatable bonds is 8. The number of pyridine rings is 1. The number of fused-ring (bicyclic) bond motifs is 1. The van der Waals surface area contributed by atoms with Crippen LogP contribution in [0.2, 0.25) is 5.02 Å². The third kappa shape index (κ3) is 6.56. The second kappa shape index (κ2) is 12.6. The highest BCUT2D eigenvalue weighted by Gasteiger charge is 2.24. The number of hydrogen-bond donors (Lipinski definition) is 1. The zero-order valence-corrected chi connectivity index (χ0v) is 25.5. The smallest absolute Gasteiger partial charge is 0.322 e. The number of furan rings is 1. The maximum absolute atomic E-state index is 14.2. The van der Waals surface area contributed by atoms with E-state index in [-0.39, 0.29) is 24.9 Å². The molecule has 5 nitrogen and oxygen atoms in total. The molecule has 210 valence electrons. The van der Waals surface area contributed by atoms with E-state index in [1.54, 1.807) is 28.8 Å². The van der Waals surface area contributed by atoms with Gasteiger partial charge >= 0.3 is 6.03 Å². The largest absolute Gasteiger partial charge is 0.459 e. The Bertz CT molecular complexity index is 1700. The van der Waals surface area contributed by atoms with E-state index in [1.165, 1.54) is 23.9 Å². The molecular formula is C32H29ClFN3O2S2. The van der Waals surface area contributed by atoms with Crippen LogP contribution in [-0.2, 0) is 13.1 Å². The van der Waals surface area contributed by atoms with Gasteiger partial charge in [0.2, 0.25) is 0 Å². The van der Waals surface area contributed by atoms with Crippen LogP contribution in [0, 0.1) is 19.7 Å². The highest BCUT2D eigenvalue weighted by Crippen LogP contribution is 2.38. The lowest BCUT2D eigenvalue weighted by molar-refractivity contribution is 0.201. The summed E-state index contributed by atoms with van der Waals surface area (Å²) in [6.45, 7) is 4.28. The third-order valence-electron chi connectivity index (χ3n) is 6.66. The fourth-order valence-electron chi connectivity index (χ4n) is 4.76. The minimum atomic E-state index is -0.360. The summed E-state index contributed by atoms with van der Waals surface area (Å²) in [7, 11) is 0. The van der Waals surface area contributed by atoms with Gasteiger partial charge < -0.3 is 14.6 Å². The van der Waals surface area contributed by atoms with Crippen molar-refractivity contribution in [3.63, 3.8) is 0 Å². The first-order chi connectivity index (χ1) is 19.7. The van der Waals surface area contributed by atoms with Crippen molar-refractivity contribution in [1.82, 2.24) is 9.88 Å². The minimum Gasteiger partial charge on any atom is -0.459 e. The summed E-state index contributed by atoms with van der Waals surface area (Å²) in [6.07, 6.45) is 3.90. The molecule has 2 amide bonds. The van der Waals surface area contributed by atoms with Crippen LogP contribution in [0.4, 0.5) is 14.9 Å². The highest BCUT2D eigenvalue weighted by molar-refractivity contribution is 7.99. The molecule has 0 bridgehead atoms. The highest BCUT2D eigenvalue weighted by atomic mass is 35.5. The second-order valence-corrected chi connectivity index (χ2v) is 11.8. The van der Waals surface area contributed by atoms with Crippen molar-refractivity contribution in [2.45, 2.75) is 36.9 Å². The number of nitrogens with zero attached hydrogens (tertiary/aromatic N) is 2. The topological polar surface area (TPSA) is 58.4 Å². The average molecular weight is 606 g/mol. The monoisotopic (exact) mass is 605 g/mol. The quantitative estimate of drug-likeness (QED) is 0.178. The summed E-state index contributed by atoms with van der Waals surface area (Å²) >= 11 is 9.21. The van der Waals surface area contributed by atoms with E-state index in [2.05, 4.69) is 16.4 Å². The number of carbonyl (C=O) groups is 1. The predicted octanol–water partition coefficient (Wildman–Crippen LogP) is 9.58. The van der Waals surface area contributed by atoms with Gasteiger partial charge in [0.05, 0.1) is 12.2 Å². The zero-order valence-electron chi connectivity index (χ0n) is 23.1. The number of hydrogen-bond acceptors (Lipinski definition) is 5. The van der Waals surface area contributed by atoms with Crippen LogP contribution in [0.15, 0.2) is 87.1 Å². The molecule has 1 N–H and O–H groups in total. The fraction of sp³-hybridized carbons (Fsp3) is 0.188. The minimum absolute atomic E-state index is 0.149. The van der Waals surface area contributed by atoms with Gasteiger partial charge in [-0.15, -0.1) is 23.5 Å². The number of carbonyl (C=O) groups excluding carboxylic acids is 1. The van der Waals surface area contributed by atoms with Gasteiger partial charge in [0.15, 0.2) is 0 Å². The van der Waals surface area contributed by atoms with Crippen molar-refractivity contribution in [3.05, 3.63) is 106 Å². The summed E-state index contributed by atoms with van der Waals surface area (Å²) in [4.78, 5) is 21.2. The lowest BCUT2D eigenvalue weighted by Gasteiger charge is -2.24. The molecular weight excluding hydrogens is 577 g/mol. The van der Waals surface area contributed by atoms with Crippen molar-refractivity contribution in [2.24, 2.45) is 0 Å². The zero-order chi connectivity index (χ0) is 29.1. The molecule has 0 spiro atoms. The van der Waals surface area contributed by atoms with E-state index in [1.807, 2.05) is 68.8 Å². The molecule has 0 unspecified atom stereocenters. The van der Waals surface area contributed by atoms with Crippen molar-refractivity contribution in [2.75, 3.05) is 17.8 Å². The van der Waals surface area contributed by atoms with Gasteiger partial charge in [-0.1, -0.05) is 47.5 Å². The fourth-order valence-corrected chi connectivity index (χ4v) is 6.19. The third-order valence-corrected chi connectivity index (χ3v) is 8.35. The maximum atomic E-state index is 14.2. The molecule has 2 aromatic heterocycles. The number of anilines is 1. The number of nitrogens with one attached hydrogen (secondary N) is 1. The van der Waals surface area contributed by atoms with Crippen LogP contribution >= 0.6 is 35.1 Å². The number of benzene rings is 3. The van der Waals surface area contributed by atoms with Crippen LogP contribution in [0.3, 0.4) is 0 Å². The Morgan fingerprint density at radius 1 is 1.00 bits per heavy atom. The molecule has 2 heterocycles. The lowest BCUT2D eigenvalue weighted by Crippen LogP contribution is -2.34. The van der Waals surface area contributed by atoms with Gasteiger partial charge in [0.25, 0.3) is 0 Å². The SMILES string of the molecule is CSc1cc(C)nc(SC)c1NC(=O)N(Cc1cccc(F)c1)Cc1oc2ccc(C)cc2c1-c1ccc(Cl)cc1. The van der Waals surface area contributed by atoms with E-state index in [0.29, 0.717) is 22.0 Å². The molecule has 0 aliphatic carbocycles. The molecule has 0 fully saturated rings. The Morgan fingerprint density at radius 2 is 1.78 bits per heavy atom. The Kier molecular flexibility index (Phi) is 8.92. The van der Waals surface area contributed by atoms with Crippen LogP contribution in [-0.4, -0.2) is 28.4 Å². The van der Waals surface area contributed by atoms with Gasteiger partial charge in [-0.05, 0) is 80.0 Å². The van der Waals surface area contributed by atoms with E-state index in [0.717, 1.165) is 43.3 Å². The molecule has 0 radical (unpaired) electrons. The number of thioether (sulfide) groups is 2. The van der Waals surface area contributed by atoms with Crippen molar-refractivity contribution in [3.8, 4) is 11.1 Å². The van der Waals surface area contributed by atoms with Gasteiger partial charge in [0.1, 0.15) is 22.2 Å².